The Balaban J connectivity index is 2.81. The Kier molecular flexibility index (Phi) is 5.82. The smallest absolute Gasteiger partial charge is 0.212 e. The summed E-state index contributed by atoms with van der Waals surface area (Å²) in [5.74, 6) is 0.104. The molecule has 1 aromatic rings. The van der Waals surface area contributed by atoms with Crippen LogP contribution in [0.4, 0.5) is 0 Å². The van der Waals surface area contributed by atoms with Gasteiger partial charge in [0.05, 0.1) is 5.75 Å². The van der Waals surface area contributed by atoms with Crippen molar-refractivity contribution in [2.75, 3.05) is 13.1 Å². The highest BCUT2D eigenvalue weighted by Crippen LogP contribution is 2.12. The second-order valence-electron chi connectivity index (χ2n) is 4.64. The van der Waals surface area contributed by atoms with E-state index in [0.29, 0.717) is 13.1 Å². The van der Waals surface area contributed by atoms with Gasteiger partial charge in [0.15, 0.2) is 0 Å². The first-order valence-electron chi connectivity index (χ1n) is 6.53. The van der Waals surface area contributed by atoms with Gasteiger partial charge in [0.1, 0.15) is 0 Å². The predicted molar refractivity (Wildman–Crippen MR) is 76.0 cm³/mol. The number of rotatable bonds is 7. The van der Waals surface area contributed by atoms with Crippen molar-refractivity contribution in [1.82, 2.24) is 4.31 Å². The summed E-state index contributed by atoms with van der Waals surface area (Å²) in [4.78, 5) is 0. The maximum atomic E-state index is 12.3. The average molecular weight is 269 g/mol. The number of aryl methyl sites for hydroxylation is 1. The molecule has 0 radical (unpaired) electrons. The first-order chi connectivity index (χ1) is 8.49. The van der Waals surface area contributed by atoms with E-state index in [1.165, 1.54) is 0 Å². The van der Waals surface area contributed by atoms with Crippen molar-refractivity contribution in [3.05, 3.63) is 35.4 Å². The zero-order valence-electron chi connectivity index (χ0n) is 11.5. The fraction of sp³-hybridized carbons (Fsp3) is 0.571. The van der Waals surface area contributed by atoms with Crippen LogP contribution in [-0.4, -0.2) is 25.8 Å². The molecule has 1 aromatic carbocycles. The lowest BCUT2D eigenvalue weighted by molar-refractivity contribution is 0.409. The van der Waals surface area contributed by atoms with Gasteiger partial charge in [0, 0.05) is 13.1 Å². The van der Waals surface area contributed by atoms with Crippen molar-refractivity contribution in [2.24, 2.45) is 0 Å². The summed E-state index contributed by atoms with van der Waals surface area (Å²) in [5, 5.41) is 0. The van der Waals surface area contributed by atoms with Crippen LogP contribution < -0.4 is 0 Å². The van der Waals surface area contributed by atoms with Crippen LogP contribution in [0.2, 0.25) is 0 Å². The fourth-order valence-corrected chi connectivity index (χ4v) is 3.59. The molecule has 0 spiro atoms. The minimum absolute atomic E-state index is 0.104. The van der Waals surface area contributed by atoms with Gasteiger partial charge in [-0.2, -0.15) is 0 Å². The lowest BCUT2D eigenvalue weighted by atomic mass is 10.2. The van der Waals surface area contributed by atoms with Crippen LogP contribution in [0, 0.1) is 6.92 Å². The summed E-state index contributed by atoms with van der Waals surface area (Å²) in [6, 6.07) is 7.69. The molecule has 102 valence electrons. The molecule has 0 atom stereocenters. The van der Waals surface area contributed by atoms with E-state index in [9.17, 15) is 8.42 Å². The van der Waals surface area contributed by atoms with Crippen molar-refractivity contribution in [1.29, 1.82) is 0 Å². The zero-order valence-corrected chi connectivity index (χ0v) is 12.3. The van der Waals surface area contributed by atoms with E-state index in [0.717, 1.165) is 24.0 Å². The van der Waals surface area contributed by atoms with Crippen LogP contribution >= 0.6 is 0 Å². The molecule has 0 N–H and O–H groups in total. The van der Waals surface area contributed by atoms with Crippen molar-refractivity contribution in [3.63, 3.8) is 0 Å². The van der Waals surface area contributed by atoms with E-state index in [1.54, 1.807) is 4.31 Å². The number of hydrogen-bond donors (Lipinski definition) is 0. The molecule has 0 aliphatic heterocycles. The third-order valence-corrected chi connectivity index (χ3v) is 4.66. The Morgan fingerprint density at radius 3 is 1.94 bits per heavy atom. The van der Waals surface area contributed by atoms with Gasteiger partial charge in [-0.3, -0.25) is 0 Å². The Labute approximate surface area is 111 Å². The van der Waals surface area contributed by atoms with Crippen molar-refractivity contribution >= 4 is 10.0 Å². The lowest BCUT2D eigenvalue weighted by Gasteiger charge is -2.21. The van der Waals surface area contributed by atoms with Crippen molar-refractivity contribution in [2.45, 2.75) is 39.4 Å². The molecule has 0 aliphatic carbocycles. The highest BCUT2D eigenvalue weighted by molar-refractivity contribution is 7.88. The SMILES string of the molecule is CCCN(CCC)S(=O)(=O)Cc1ccc(C)cc1. The molecule has 0 unspecified atom stereocenters. The molecule has 0 saturated heterocycles. The molecular weight excluding hydrogens is 246 g/mol. The highest BCUT2D eigenvalue weighted by atomic mass is 32.2. The van der Waals surface area contributed by atoms with Crippen LogP contribution in [0.1, 0.15) is 37.8 Å². The Morgan fingerprint density at radius 2 is 1.50 bits per heavy atom. The van der Waals surface area contributed by atoms with E-state index in [2.05, 4.69) is 0 Å². The summed E-state index contributed by atoms with van der Waals surface area (Å²) < 4.78 is 26.2. The Bertz CT molecular complexity index is 445. The number of benzene rings is 1. The molecule has 0 aromatic heterocycles. The minimum Gasteiger partial charge on any atom is -0.212 e. The molecule has 0 bridgehead atoms. The van der Waals surface area contributed by atoms with Crippen LogP contribution in [-0.2, 0) is 15.8 Å². The normalized spacial score (nSPS) is 12.0. The summed E-state index contributed by atoms with van der Waals surface area (Å²) in [6.07, 6.45) is 1.71. The lowest BCUT2D eigenvalue weighted by Crippen LogP contribution is -2.33. The zero-order chi connectivity index (χ0) is 13.6. The molecule has 0 fully saturated rings. The fourth-order valence-electron chi connectivity index (χ4n) is 1.87. The molecule has 0 aliphatic rings. The molecule has 1 rings (SSSR count). The van der Waals surface area contributed by atoms with E-state index in [1.807, 2.05) is 45.0 Å². The van der Waals surface area contributed by atoms with E-state index >= 15 is 0 Å². The number of sulfonamides is 1. The third-order valence-electron chi connectivity index (χ3n) is 2.81. The summed E-state index contributed by atoms with van der Waals surface area (Å²) in [5.41, 5.74) is 2.01. The van der Waals surface area contributed by atoms with Crippen molar-refractivity contribution < 1.29 is 8.42 Å². The Hall–Kier alpha value is -0.870. The van der Waals surface area contributed by atoms with Gasteiger partial charge in [-0.15, -0.1) is 0 Å². The van der Waals surface area contributed by atoms with E-state index < -0.39 is 10.0 Å². The molecule has 0 amide bonds. The number of nitrogens with zero attached hydrogens (tertiary/aromatic N) is 1. The third kappa shape index (κ3) is 4.42. The van der Waals surface area contributed by atoms with Gasteiger partial charge in [0.2, 0.25) is 10.0 Å². The Morgan fingerprint density at radius 1 is 1.00 bits per heavy atom. The van der Waals surface area contributed by atoms with Gasteiger partial charge in [-0.25, -0.2) is 12.7 Å². The maximum Gasteiger partial charge on any atom is 0.218 e. The van der Waals surface area contributed by atoms with Crippen LogP contribution in [0.5, 0.6) is 0 Å². The van der Waals surface area contributed by atoms with Gasteiger partial charge >= 0.3 is 0 Å². The van der Waals surface area contributed by atoms with Gasteiger partial charge < -0.3 is 0 Å². The largest absolute Gasteiger partial charge is 0.218 e. The quantitative estimate of drug-likeness (QED) is 0.763. The van der Waals surface area contributed by atoms with Crippen LogP contribution in [0.3, 0.4) is 0 Å². The second kappa shape index (κ2) is 6.90. The molecule has 3 nitrogen and oxygen atoms in total. The first-order valence-corrected chi connectivity index (χ1v) is 8.14. The topological polar surface area (TPSA) is 37.4 Å². The van der Waals surface area contributed by atoms with Crippen LogP contribution in [0.15, 0.2) is 24.3 Å². The van der Waals surface area contributed by atoms with Gasteiger partial charge in [0.25, 0.3) is 0 Å². The van der Waals surface area contributed by atoms with Crippen LogP contribution in [0.25, 0.3) is 0 Å². The highest BCUT2D eigenvalue weighted by Gasteiger charge is 2.20. The summed E-state index contributed by atoms with van der Waals surface area (Å²) >= 11 is 0. The second-order valence-corrected chi connectivity index (χ2v) is 6.61. The maximum absolute atomic E-state index is 12.3. The molecular formula is C14H23NO2S. The summed E-state index contributed by atoms with van der Waals surface area (Å²) in [6.45, 7) is 7.23. The monoisotopic (exact) mass is 269 g/mol. The molecule has 18 heavy (non-hydrogen) atoms. The number of hydrogen-bond acceptors (Lipinski definition) is 2. The van der Waals surface area contributed by atoms with Gasteiger partial charge in [-0.05, 0) is 25.3 Å². The molecule has 0 heterocycles. The van der Waals surface area contributed by atoms with Crippen molar-refractivity contribution in [3.8, 4) is 0 Å². The summed E-state index contributed by atoms with van der Waals surface area (Å²) in [7, 11) is -3.18. The van der Waals surface area contributed by atoms with Gasteiger partial charge in [-0.1, -0.05) is 43.7 Å². The molecule has 4 heteroatoms. The first kappa shape index (κ1) is 15.2. The minimum atomic E-state index is -3.18. The average Bonchev–Trinajstić information content (AvgIpc) is 2.32. The predicted octanol–water partition coefficient (Wildman–Crippen LogP) is 2.95. The molecule has 0 saturated carbocycles. The van der Waals surface area contributed by atoms with E-state index in [4.69, 9.17) is 0 Å². The van der Waals surface area contributed by atoms with E-state index in [-0.39, 0.29) is 5.75 Å². The standard InChI is InChI=1S/C14H23NO2S/c1-4-10-15(11-5-2)18(16,17)12-14-8-6-13(3)7-9-14/h6-9H,4-5,10-12H2,1-3H3.